The molecular weight excluding hydrogens is 572 g/mol. The van der Waals surface area contributed by atoms with Gasteiger partial charge in [-0.05, 0) is 43.9 Å². The first kappa shape index (κ1) is 42.1. The van der Waals surface area contributed by atoms with E-state index >= 15 is 0 Å². The van der Waals surface area contributed by atoms with Crippen LogP contribution in [-0.2, 0) is 9.47 Å². The molecule has 46 heavy (non-hydrogen) atoms. The van der Waals surface area contributed by atoms with Crippen LogP contribution in [0, 0.1) is 0 Å². The van der Waals surface area contributed by atoms with Crippen molar-refractivity contribution in [3.05, 3.63) is 35.4 Å². The minimum absolute atomic E-state index is 0.365. The van der Waals surface area contributed by atoms with E-state index in [0.717, 1.165) is 35.1 Å². The molecule has 1 aromatic carbocycles. The van der Waals surface area contributed by atoms with Crippen molar-refractivity contribution in [3.8, 4) is 0 Å². The third-order valence-electron chi connectivity index (χ3n) is 9.43. The van der Waals surface area contributed by atoms with E-state index in [9.17, 15) is 9.59 Å². The number of carbonyl (C=O) groups is 2. The van der Waals surface area contributed by atoms with Crippen LogP contribution in [0.15, 0.2) is 24.3 Å². The molecule has 0 heterocycles. The molecule has 0 unspecified atom stereocenters. The van der Waals surface area contributed by atoms with Gasteiger partial charge in [0.05, 0.1) is 52.4 Å². The van der Waals surface area contributed by atoms with Gasteiger partial charge < -0.3 is 18.4 Å². The molecule has 1 rings (SSSR count). The fraction of sp³-hybridized carbons (Fsp3) is 0.800. The van der Waals surface area contributed by atoms with Crippen LogP contribution in [0.3, 0.4) is 0 Å². The first-order valence-corrected chi connectivity index (χ1v) is 19.2. The van der Waals surface area contributed by atoms with Gasteiger partial charge in [0.25, 0.3) is 0 Å². The van der Waals surface area contributed by atoms with Gasteiger partial charge in [-0.15, -0.1) is 0 Å². The lowest BCUT2D eigenvalue weighted by atomic mass is 10.1. The van der Waals surface area contributed by atoms with Crippen molar-refractivity contribution in [1.82, 2.24) is 0 Å². The molecule has 0 aliphatic rings. The molecule has 0 saturated carbocycles. The second-order valence-electron chi connectivity index (χ2n) is 15.0. The summed E-state index contributed by atoms with van der Waals surface area (Å²) in [5.74, 6) is -0.772. The zero-order valence-electron chi connectivity index (χ0n) is 31.2. The zero-order chi connectivity index (χ0) is 33.9. The summed E-state index contributed by atoms with van der Waals surface area (Å²) >= 11 is 0. The Balaban J connectivity index is 2.24. The highest BCUT2D eigenvalue weighted by atomic mass is 16.5. The van der Waals surface area contributed by atoms with E-state index in [-0.39, 0.29) is 11.9 Å². The van der Waals surface area contributed by atoms with Crippen molar-refractivity contribution >= 4 is 11.9 Å². The van der Waals surface area contributed by atoms with E-state index in [4.69, 9.17) is 9.47 Å². The molecule has 0 amide bonds. The lowest BCUT2D eigenvalue weighted by molar-refractivity contribution is -0.890. The van der Waals surface area contributed by atoms with Crippen molar-refractivity contribution < 1.29 is 28.0 Å². The fourth-order valence-corrected chi connectivity index (χ4v) is 5.99. The van der Waals surface area contributed by atoms with Crippen LogP contribution >= 0.6 is 0 Å². The van der Waals surface area contributed by atoms with Crippen molar-refractivity contribution in [2.75, 3.05) is 67.6 Å². The lowest BCUT2D eigenvalue weighted by Gasteiger charge is -2.29. The highest BCUT2D eigenvalue weighted by molar-refractivity contribution is 5.95. The van der Waals surface area contributed by atoms with Crippen LogP contribution in [0.5, 0.6) is 0 Å². The Morgan fingerprint density at radius 3 is 1.11 bits per heavy atom. The Bertz CT molecular complexity index is 845. The smallest absolute Gasteiger partial charge is 0.338 e. The minimum atomic E-state index is -0.386. The van der Waals surface area contributed by atoms with Crippen LogP contribution in [-0.4, -0.2) is 88.5 Å². The van der Waals surface area contributed by atoms with Crippen LogP contribution in [0.1, 0.15) is 163 Å². The molecule has 0 atom stereocenters. The van der Waals surface area contributed by atoms with Gasteiger partial charge in [0, 0.05) is 0 Å². The molecule has 6 heteroatoms. The largest absolute Gasteiger partial charge is 0.456 e. The highest BCUT2D eigenvalue weighted by Gasteiger charge is 2.19. The summed E-state index contributed by atoms with van der Waals surface area (Å²) in [6, 6.07) is 6.73. The maximum atomic E-state index is 12.7. The summed E-state index contributed by atoms with van der Waals surface area (Å²) in [4.78, 5) is 25.5. The van der Waals surface area contributed by atoms with Crippen LogP contribution in [0.2, 0.25) is 0 Å². The van der Waals surface area contributed by atoms with Gasteiger partial charge in [-0.25, -0.2) is 9.59 Å². The number of rotatable bonds is 30. The minimum Gasteiger partial charge on any atom is -0.456 e. The predicted octanol–water partition coefficient (Wildman–Crippen LogP) is 9.99. The Morgan fingerprint density at radius 1 is 0.478 bits per heavy atom. The SMILES string of the molecule is CCCCCCCCCCCC[N+](C)(C)CCOC(=O)c1cccc(C(=O)OCC[N+](C)(C)CCCCCCCCCCCC)c1. The topological polar surface area (TPSA) is 52.6 Å². The van der Waals surface area contributed by atoms with Crippen molar-refractivity contribution in [3.63, 3.8) is 0 Å². The molecule has 0 spiro atoms. The first-order valence-electron chi connectivity index (χ1n) is 19.2. The maximum Gasteiger partial charge on any atom is 0.338 e. The Morgan fingerprint density at radius 2 is 0.783 bits per heavy atom. The van der Waals surface area contributed by atoms with Crippen molar-refractivity contribution in [2.24, 2.45) is 0 Å². The van der Waals surface area contributed by atoms with E-state index in [1.165, 1.54) is 128 Å². The third kappa shape index (κ3) is 22.6. The van der Waals surface area contributed by atoms with Crippen LogP contribution in [0.4, 0.5) is 0 Å². The normalized spacial score (nSPS) is 12.0. The molecular formula is C40H74N2O4+2. The van der Waals surface area contributed by atoms with E-state index in [0.29, 0.717) is 24.3 Å². The molecule has 0 saturated heterocycles. The molecule has 1 aromatic rings. The standard InChI is InChI=1S/C40H74N2O4/c1-7-9-11-13-15-17-19-21-23-25-30-41(3,4)32-34-45-39(43)37-28-27-29-38(36-37)40(44)46-35-33-42(5,6)31-26-24-22-20-18-16-14-12-10-8-2/h27-29,36H,7-26,30-35H2,1-6H3/q+2. The van der Waals surface area contributed by atoms with Crippen LogP contribution in [0.25, 0.3) is 0 Å². The molecule has 6 nitrogen and oxygen atoms in total. The quantitative estimate of drug-likeness (QED) is 0.0474. The Kier molecular flexibility index (Phi) is 23.9. The number of hydrogen-bond donors (Lipinski definition) is 0. The van der Waals surface area contributed by atoms with E-state index in [2.05, 4.69) is 42.0 Å². The van der Waals surface area contributed by atoms with Gasteiger partial charge in [0.15, 0.2) is 0 Å². The second kappa shape index (κ2) is 26.1. The average molecular weight is 647 g/mol. The van der Waals surface area contributed by atoms with Gasteiger partial charge in [0.2, 0.25) is 0 Å². The van der Waals surface area contributed by atoms with E-state index in [1.54, 1.807) is 24.3 Å². The number of ether oxygens (including phenoxy) is 2. The summed E-state index contributed by atoms with van der Waals surface area (Å²) in [6.07, 6.45) is 26.7. The van der Waals surface area contributed by atoms with E-state index in [1.807, 2.05) is 0 Å². The molecule has 266 valence electrons. The van der Waals surface area contributed by atoms with Crippen LogP contribution < -0.4 is 0 Å². The number of carbonyl (C=O) groups excluding carboxylic acids is 2. The second-order valence-corrected chi connectivity index (χ2v) is 15.0. The highest BCUT2D eigenvalue weighted by Crippen LogP contribution is 2.14. The molecule has 0 radical (unpaired) electrons. The predicted molar refractivity (Wildman–Crippen MR) is 194 cm³/mol. The lowest BCUT2D eigenvalue weighted by Crippen LogP contribution is -2.43. The molecule has 0 N–H and O–H groups in total. The van der Waals surface area contributed by atoms with Gasteiger partial charge in [-0.2, -0.15) is 0 Å². The summed E-state index contributed by atoms with van der Waals surface area (Å²) in [6.45, 7) is 8.99. The first-order chi connectivity index (χ1) is 22.1. The molecule has 0 bridgehead atoms. The summed E-state index contributed by atoms with van der Waals surface area (Å²) in [5.41, 5.74) is 0.790. The molecule has 0 aliphatic heterocycles. The number of nitrogens with zero attached hydrogens (tertiary/aromatic N) is 2. The number of unbranched alkanes of at least 4 members (excludes halogenated alkanes) is 18. The van der Waals surface area contributed by atoms with E-state index < -0.39 is 0 Å². The number of quaternary nitrogens is 2. The third-order valence-corrected chi connectivity index (χ3v) is 9.43. The number of hydrogen-bond acceptors (Lipinski definition) is 4. The van der Waals surface area contributed by atoms with Crippen molar-refractivity contribution in [1.29, 1.82) is 0 Å². The summed E-state index contributed by atoms with van der Waals surface area (Å²) in [7, 11) is 8.82. The summed E-state index contributed by atoms with van der Waals surface area (Å²) < 4.78 is 12.9. The average Bonchev–Trinajstić information content (AvgIpc) is 3.02. The molecule has 0 aromatic heterocycles. The maximum absolute atomic E-state index is 12.7. The zero-order valence-corrected chi connectivity index (χ0v) is 31.2. The number of esters is 2. The Labute approximate surface area is 284 Å². The fourth-order valence-electron chi connectivity index (χ4n) is 5.99. The molecule has 0 aliphatic carbocycles. The Hall–Kier alpha value is -1.92. The molecule has 0 fully saturated rings. The number of benzene rings is 1. The van der Waals surface area contributed by atoms with Gasteiger partial charge in [-0.3, -0.25) is 0 Å². The van der Waals surface area contributed by atoms with Crippen molar-refractivity contribution in [2.45, 2.75) is 142 Å². The van der Waals surface area contributed by atoms with Gasteiger partial charge in [-0.1, -0.05) is 123 Å². The number of likely N-dealkylation sites (N-methyl/N-ethyl adjacent to an activating group) is 2. The van der Waals surface area contributed by atoms with Gasteiger partial charge >= 0.3 is 11.9 Å². The van der Waals surface area contributed by atoms with Gasteiger partial charge in [0.1, 0.15) is 26.3 Å². The summed E-state index contributed by atoms with van der Waals surface area (Å²) in [5, 5.41) is 0. The monoisotopic (exact) mass is 647 g/mol.